The fraction of sp³-hybridized carbons (Fsp3) is 0.839. The van der Waals surface area contributed by atoms with E-state index in [0.29, 0.717) is 13.0 Å². The number of esters is 1. The topological polar surface area (TPSA) is 55.8 Å². The van der Waals surface area contributed by atoms with Crippen molar-refractivity contribution < 1.29 is 19.4 Å². The molecular formula is C31H58O4. The Labute approximate surface area is 217 Å². The third kappa shape index (κ3) is 27.3. The van der Waals surface area contributed by atoms with E-state index in [9.17, 15) is 9.90 Å². The highest BCUT2D eigenvalue weighted by molar-refractivity contribution is 5.69. The lowest BCUT2D eigenvalue weighted by Gasteiger charge is -2.15. The number of unbranched alkanes of at least 4 members (excludes halogenated alkanes) is 15. The van der Waals surface area contributed by atoms with Crippen LogP contribution >= 0.6 is 0 Å². The van der Waals surface area contributed by atoms with Crippen LogP contribution in [0.1, 0.15) is 142 Å². The van der Waals surface area contributed by atoms with Gasteiger partial charge in [0.1, 0.15) is 6.10 Å². The van der Waals surface area contributed by atoms with Gasteiger partial charge in [-0.25, -0.2) is 0 Å². The van der Waals surface area contributed by atoms with Gasteiger partial charge in [-0.05, 0) is 44.9 Å². The third-order valence-electron chi connectivity index (χ3n) is 6.25. The first-order valence-electron chi connectivity index (χ1n) is 14.9. The van der Waals surface area contributed by atoms with Gasteiger partial charge in [0.05, 0.1) is 13.2 Å². The van der Waals surface area contributed by atoms with Gasteiger partial charge in [0, 0.05) is 13.0 Å². The molecule has 1 atom stereocenters. The monoisotopic (exact) mass is 494 g/mol. The minimum atomic E-state index is -0.526. The van der Waals surface area contributed by atoms with Crippen molar-refractivity contribution in [2.24, 2.45) is 0 Å². The molecule has 0 heterocycles. The maximum Gasteiger partial charge on any atom is 0.306 e. The molecule has 0 rings (SSSR count). The van der Waals surface area contributed by atoms with Gasteiger partial charge in [-0.1, -0.05) is 115 Å². The molecule has 0 radical (unpaired) electrons. The van der Waals surface area contributed by atoms with Crippen LogP contribution in [0.3, 0.4) is 0 Å². The zero-order chi connectivity index (χ0) is 25.7. The van der Waals surface area contributed by atoms with E-state index < -0.39 is 6.10 Å². The molecule has 0 aromatic carbocycles. The number of aliphatic hydroxyl groups is 1. The number of carbonyl (C=O) groups excluding carboxylic acids is 1. The van der Waals surface area contributed by atoms with Crippen molar-refractivity contribution in [3.63, 3.8) is 0 Å². The lowest BCUT2D eigenvalue weighted by atomic mass is 10.1. The largest absolute Gasteiger partial charge is 0.457 e. The average Bonchev–Trinajstić information content (AvgIpc) is 2.86. The summed E-state index contributed by atoms with van der Waals surface area (Å²) < 4.78 is 10.7. The van der Waals surface area contributed by atoms with Crippen LogP contribution in [-0.4, -0.2) is 37.0 Å². The molecule has 0 saturated heterocycles. The Morgan fingerprint density at radius 3 is 1.71 bits per heavy atom. The van der Waals surface area contributed by atoms with Gasteiger partial charge in [-0.3, -0.25) is 4.79 Å². The van der Waals surface area contributed by atoms with Crippen LogP contribution in [0.25, 0.3) is 0 Å². The number of hydrogen-bond acceptors (Lipinski definition) is 4. The van der Waals surface area contributed by atoms with Crippen LogP contribution < -0.4 is 0 Å². The molecule has 0 fully saturated rings. The van der Waals surface area contributed by atoms with Crippen LogP contribution in [0.5, 0.6) is 0 Å². The van der Waals surface area contributed by atoms with E-state index in [-0.39, 0.29) is 19.2 Å². The molecule has 35 heavy (non-hydrogen) atoms. The van der Waals surface area contributed by atoms with Gasteiger partial charge in [0.15, 0.2) is 0 Å². The molecule has 0 aliphatic rings. The van der Waals surface area contributed by atoms with Crippen molar-refractivity contribution in [2.45, 2.75) is 148 Å². The highest BCUT2D eigenvalue weighted by Crippen LogP contribution is 2.12. The molecule has 1 N–H and O–H groups in total. The second-order valence-electron chi connectivity index (χ2n) is 9.82. The van der Waals surface area contributed by atoms with E-state index in [2.05, 4.69) is 31.2 Å². The van der Waals surface area contributed by atoms with Gasteiger partial charge in [-0.15, -0.1) is 0 Å². The predicted octanol–water partition coefficient (Wildman–Crippen LogP) is 8.86. The SMILES string of the molecule is CCCCCCC/C=C\C/C=C\CCCCCCCCCCCCOCC(CO)OC(=O)CCC. The highest BCUT2D eigenvalue weighted by Gasteiger charge is 2.12. The standard InChI is InChI=1S/C31H58O4/c1-3-5-6-7-8-9-10-11-12-13-14-15-16-17-18-19-20-21-22-23-24-25-27-34-29-30(28-32)35-31(33)26-4-2/h10-11,13-14,30,32H,3-9,12,15-29H2,1-2H3/b11-10-,14-13-. The third-order valence-corrected chi connectivity index (χ3v) is 6.25. The number of carbonyl (C=O) groups is 1. The summed E-state index contributed by atoms with van der Waals surface area (Å²) in [5.41, 5.74) is 0. The van der Waals surface area contributed by atoms with Crippen molar-refractivity contribution in [3.8, 4) is 0 Å². The minimum absolute atomic E-state index is 0.177. The molecule has 4 nitrogen and oxygen atoms in total. The molecule has 0 saturated carbocycles. The number of hydrogen-bond donors (Lipinski definition) is 1. The second kappa shape index (κ2) is 29.1. The normalized spacial score (nSPS) is 12.7. The van der Waals surface area contributed by atoms with Gasteiger partial charge in [0.25, 0.3) is 0 Å². The molecule has 0 aliphatic heterocycles. The van der Waals surface area contributed by atoms with Gasteiger partial charge in [-0.2, -0.15) is 0 Å². The quantitative estimate of drug-likeness (QED) is 0.0703. The van der Waals surface area contributed by atoms with E-state index in [1.807, 2.05) is 6.92 Å². The van der Waals surface area contributed by atoms with Crippen molar-refractivity contribution in [1.82, 2.24) is 0 Å². The fourth-order valence-corrected chi connectivity index (χ4v) is 4.04. The summed E-state index contributed by atoms with van der Waals surface area (Å²) in [6, 6.07) is 0. The van der Waals surface area contributed by atoms with Crippen molar-refractivity contribution in [1.29, 1.82) is 0 Å². The molecule has 206 valence electrons. The summed E-state index contributed by atoms with van der Waals surface area (Å²) in [5, 5.41) is 9.26. The minimum Gasteiger partial charge on any atom is -0.457 e. The van der Waals surface area contributed by atoms with Crippen LogP contribution in [-0.2, 0) is 14.3 Å². The molecule has 0 aromatic rings. The van der Waals surface area contributed by atoms with Crippen LogP contribution in [0.4, 0.5) is 0 Å². The Balaban J connectivity index is 3.29. The van der Waals surface area contributed by atoms with Crippen LogP contribution in [0, 0.1) is 0 Å². The first-order chi connectivity index (χ1) is 17.2. The lowest BCUT2D eigenvalue weighted by molar-refractivity contribution is -0.154. The number of allylic oxidation sites excluding steroid dienone is 4. The average molecular weight is 495 g/mol. The predicted molar refractivity (Wildman–Crippen MR) is 150 cm³/mol. The number of ether oxygens (including phenoxy) is 2. The van der Waals surface area contributed by atoms with Crippen molar-refractivity contribution >= 4 is 5.97 Å². The van der Waals surface area contributed by atoms with E-state index in [0.717, 1.165) is 19.3 Å². The molecule has 4 heteroatoms. The Morgan fingerprint density at radius 2 is 1.20 bits per heavy atom. The first-order valence-corrected chi connectivity index (χ1v) is 14.9. The Morgan fingerprint density at radius 1 is 0.686 bits per heavy atom. The zero-order valence-electron chi connectivity index (χ0n) is 23.3. The smallest absolute Gasteiger partial charge is 0.306 e. The highest BCUT2D eigenvalue weighted by atomic mass is 16.6. The number of aliphatic hydroxyl groups excluding tert-OH is 1. The lowest BCUT2D eigenvalue weighted by Crippen LogP contribution is -2.27. The second-order valence-corrected chi connectivity index (χ2v) is 9.82. The van der Waals surface area contributed by atoms with E-state index in [1.54, 1.807) is 0 Å². The van der Waals surface area contributed by atoms with Crippen molar-refractivity contribution in [3.05, 3.63) is 24.3 Å². The molecular weight excluding hydrogens is 436 g/mol. The molecule has 1 unspecified atom stereocenters. The maximum atomic E-state index is 11.5. The summed E-state index contributed by atoms with van der Waals surface area (Å²) in [5.74, 6) is -0.256. The summed E-state index contributed by atoms with van der Waals surface area (Å²) in [4.78, 5) is 11.5. The Bertz CT molecular complexity index is 486. The Kier molecular flexibility index (Phi) is 28.2. The number of rotatable bonds is 27. The summed E-state index contributed by atoms with van der Waals surface area (Å²) in [7, 11) is 0. The fourth-order valence-electron chi connectivity index (χ4n) is 4.04. The van der Waals surface area contributed by atoms with Gasteiger partial charge < -0.3 is 14.6 Å². The molecule has 0 aromatic heterocycles. The maximum absolute atomic E-state index is 11.5. The zero-order valence-corrected chi connectivity index (χ0v) is 23.3. The molecule has 0 spiro atoms. The summed E-state index contributed by atoms with van der Waals surface area (Å²) >= 11 is 0. The summed E-state index contributed by atoms with van der Waals surface area (Å²) in [6.07, 6.45) is 33.3. The van der Waals surface area contributed by atoms with Crippen LogP contribution in [0.2, 0.25) is 0 Å². The van der Waals surface area contributed by atoms with E-state index in [1.165, 1.54) is 103 Å². The summed E-state index contributed by atoms with van der Waals surface area (Å²) in [6.45, 7) is 4.99. The van der Waals surface area contributed by atoms with Gasteiger partial charge >= 0.3 is 5.97 Å². The van der Waals surface area contributed by atoms with E-state index >= 15 is 0 Å². The molecule has 0 amide bonds. The molecule has 0 aliphatic carbocycles. The van der Waals surface area contributed by atoms with Gasteiger partial charge in [0.2, 0.25) is 0 Å². The van der Waals surface area contributed by atoms with Crippen molar-refractivity contribution in [2.75, 3.05) is 19.8 Å². The van der Waals surface area contributed by atoms with E-state index in [4.69, 9.17) is 9.47 Å². The molecule has 0 bridgehead atoms. The first kappa shape index (κ1) is 33.9. The van der Waals surface area contributed by atoms with Crippen LogP contribution in [0.15, 0.2) is 24.3 Å². The Hall–Kier alpha value is -1.13.